The number of ketones is 1. The highest BCUT2D eigenvalue weighted by Gasteiger charge is 2.24. The van der Waals surface area contributed by atoms with Gasteiger partial charge >= 0.3 is 5.97 Å². The van der Waals surface area contributed by atoms with E-state index in [1.165, 1.54) is 0 Å². The topological polar surface area (TPSA) is 43.4 Å². The Morgan fingerprint density at radius 2 is 2.07 bits per heavy atom. The van der Waals surface area contributed by atoms with Gasteiger partial charge in [-0.25, -0.2) is 4.79 Å². The van der Waals surface area contributed by atoms with E-state index in [1.807, 2.05) is 0 Å². The van der Waals surface area contributed by atoms with Crippen molar-refractivity contribution < 1.29 is 18.7 Å². The molecule has 3 nitrogen and oxygen atoms in total. The van der Waals surface area contributed by atoms with Crippen molar-refractivity contribution in [2.24, 2.45) is 0 Å². The molecule has 0 aromatic rings. The number of Topliss-reactive ketones (excluding diaryl/α,β-unsaturated/α-hetero) is 1. The summed E-state index contributed by atoms with van der Waals surface area (Å²) >= 11 is 0. The highest BCUT2D eigenvalue weighted by Crippen LogP contribution is 2.24. The first kappa shape index (κ1) is 10.9. The van der Waals surface area contributed by atoms with Crippen molar-refractivity contribution in [2.75, 3.05) is 6.61 Å². The lowest BCUT2D eigenvalue weighted by atomic mass is 9.93. The molecule has 1 aliphatic carbocycles. The van der Waals surface area contributed by atoms with E-state index in [0.29, 0.717) is 12.8 Å². The van der Waals surface area contributed by atoms with E-state index in [-0.39, 0.29) is 18.0 Å². The zero-order chi connectivity index (χ0) is 10.6. The van der Waals surface area contributed by atoms with Gasteiger partial charge in [0.05, 0.1) is 6.61 Å². The number of ether oxygens (including phenoxy) is 1. The van der Waals surface area contributed by atoms with Crippen LogP contribution < -0.4 is 0 Å². The van der Waals surface area contributed by atoms with Crippen LogP contribution in [0.25, 0.3) is 0 Å². The lowest BCUT2D eigenvalue weighted by Gasteiger charge is -2.12. The summed E-state index contributed by atoms with van der Waals surface area (Å²) in [5.74, 6) is -2.28. The van der Waals surface area contributed by atoms with Crippen molar-refractivity contribution in [3.05, 3.63) is 11.4 Å². The Morgan fingerprint density at radius 1 is 1.43 bits per heavy atom. The van der Waals surface area contributed by atoms with E-state index in [1.54, 1.807) is 6.92 Å². The largest absolute Gasteiger partial charge is 0.461 e. The number of rotatable bonds is 2. The van der Waals surface area contributed by atoms with Crippen molar-refractivity contribution >= 4 is 11.8 Å². The van der Waals surface area contributed by atoms with Crippen molar-refractivity contribution in [1.29, 1.82) is 0 Å². The molecule has 1 rings (SSSR count). The average Bonchev–Trinajstić information content (AvgIpc) is 2.18. The van der Waals surface area contributed by atoms with Gasteiger partial charge in [0.1, 0.15) is 0 Å². The van der Waals surface area contributed by atoms with E-state index < -0.39 is 11.8 Å². The second kappa shape index (κ2) is 4.88. The third-order valence-corrected chi connectivity index (χ3v) is 2.14. The molecule has 1 aliphatic rings. The molecule has 0 aromatic heterocycles. The summed E-state index contributed by atoms with van der Waals surface area (Å²) in [6, 6.07) is 0. The Morgan fingerprint density at radius 3 is 2.64 bits per heavy atom. The Bertz CT molecular complexity index is 281. The lowest BCUT2D eigenvalue weighted by molar-refractivity contribution is -0.140. The van der Waals surface area contributed by atoms with Gasteiger partial charge in [-0.15, -0.1) is 0 Å². The van der Waals surface area contributed by atoms with Crippen LogP contribution >= 0.6 is 0 Å². The third-order valence-electron chi connectivity index (χ3n) is 2.14. The van der Waals surface area contributed by atoms with Gasteiger partial charge in [-0.1, -0.05) is 0 Å². The Balaban J connectivity index is 2.79. The summed E-state index contributed by atoms with van der Waals surface area (Å²) in [4.78, 5) is 22.2. The monoisotopic (exact) mass is 200 g/mol. The number of esters is 1. The first-order chi connectivity index (χ1) is 6.66. The van der Waals surface area contributed by atoms with Gasteiger partial charge in [-0.2, -0.15) is 4.39 Å². The predicted octanol–water partition coefficient (Wildman–Crippen LogP) is 1.92. The van der Waals surface area contributed by atoms with Crippen LogP contribution in [0.1, 0.15) is 32.6 Å². The number of halogens is 1. The molecule has 4 heteroatoms. The molecule has 78 valence electrons. The summed E-state index contributed by atoms with van der Waals surface area (Å²) in [7, 11) is 0. The molecular weight excluding hydrogens is 187 g/mol. The molecule has 0 saturated heterocycles. The van der Waals surface area contributed by atoms with Gasteiger partial charge in [0.2, 0.25) is 5.83 Å². The maximum absolute atomic E-state index is 13.3. The second-order valence-corrected chi connectivity index (χ2v) is 3.14. The maximum Gasteiger partial charge on any atom is 0.367 e. The van der Waals surface area contributed by atoms with Gasteiger partial charge in [0, 0.05) is 12.0 Å². The average molecular weight is 200 g/mol. The van der Waals surface area contributed by atoms with Crippen molar-refractivity contribution in [3.63, 3.8) is 0 Å². The van der Waals surface area contributed by atoms with Crippen LogP contribution in [-0.4, -0.2) is 18.4 Å². The van der Waals surface area contributed by atoms with E-state index in [4.69, 9.17) is 0 Å². The van der Waals surface area contributed by atoms with Crippen molar-refractivity contribution in [2.45, 2.75) is 32.6 Å². The summed E-state index contributed by atoms with van der Waals surface area (Å²) in [5.41, 5.74) is 0.00898. The summed E-state index contributed by atoms with van der Waals surface area (Å²) in [6.07, 6.45) is 2.22. The van der Waals surface area contributed by atoms with Crippen LogP contribution in [0.2, 0.25) is 0 Å². The van der Waals surface area contributed by atoms with Crippen LogP contribution in [0, 0.1) is 0 Å². The van der Waals surface area contributed by atoms with Crippen LogP contribution in [0.4, 0.5) is 4.39 Å². The highest BCUT2D eigenvalue weighted by atomic mass is 19.1. The molecule has 0 amide bonds. The molecule has 0 N–H and O–H groups in total. The van der Waals surface area contributed by atoms with E-state index in [9.17, 15) is 14.0 Å². The van der Waals surface area contributed by atoms with E-state index >= 15 is 0 Å². The fourth-order valence-electron chi connectivity index (χ4n) is 1.43. The van der Waals surface area contributed by atoms with Gasteiger partial charge in [0.15, 0.2) is 5.78 Å². The molecular formula is C10H13FO3. The fourth-order valence-corrected chi connectivity index (χ4v) is 1.43. The second-order valence-electron chi connectivity index (χ2n) is 3.14. The zero-order valence-corrected chi connectivity index (χ0v) is 8.14. The van der Waals surface area contributed by atoms with Crippen molar-refractivity contribution in [3.8, 4) is 0 Å². The zero-order valence-electron chi connectivity index (χ0n) is 8.14. The normalized spacial score (nSPS) is 20.6. The third kappa shape index (κ3) is 2.40. The van der Waals surface area contributed by atoms with E-state index in [0.717, 1.165) is 12.8 Å². The minimum absolute atomic E-state index is 0.00898. The van der Waals surface area contributed by atoms with Crippen LogP contribution in [0.5, 0.6) is 0 Å². The quantitative estimate of drug-likeness (QED) is 0.505. The molecule has 14 heavy (non-hydrogen) atoms. The van der Waals surface area contributed by atoms with Gasteiger partial charge in [-0.05, 0) is 26.2 Å². The maximum atomic E-state index is 13.3. The number of allylic oxidation sites excluding steroid dienone is 1. The summed E-state index contributed by atoms with van der Waals surface area (Å²) in [6.45, 7) is 1.71. The predicted molar refractivity (Wildman–Crippen MR) is 48.2 cm³/mol. The minimum Gasteiger partial charge on any atom is -0.461 e. The SMILES string of the molecule is CCOC(=O)C(F)=C1CCCCC1=O. The number of carbonyl (C=O) groups is 2. The van der Waals surface area contributed by atoms with Crippen LogP contribution in [0.3, 0.4) is 0 Å². The standard InChI is InChI=1S/C10H13FO3/c1-2-14-10(13)9(11)7-5-3-4-6-8(7)12/h2-6H2,1H3. The molecule has 0 bridgehead atoms. The molecule has 1 saturated carbocycles. The molecule has 0 aliphatic heterocycles. The summed E-state index contributed by atoms with van der Waals surface area (Å²) < 4.78 is 17.8. The van der Waals surface area contributed by atoms with Gasteiger partial charge in [0.25, 0.3) is 0 Å². The Labute approximate surface area is 81.9 Å². The molecule has 0 atom stereocenters. The fraction of sp³-hybridized carbons (Fsp3) is 0.600. The highest BCUT2D eigenvalue weighted by molar-refractivity contribution is 6.03. The molecule has 0 unspecified atom stereocenters. The number of hydrogen-bond acceptors (Lipinski definition) is 3. The van der Waals surface area contributed by atoms with Crippen LogP contribution in [0.15, 0.2) is 11.4 Å². The van der Waals surface area contributed by atoms with Crippen LogP contribution in [-0.2, 0) is 14.3 Å². The molecule has 0 radical (unpaired) electrons. The van der Waals surface area contributed by atoms with Gasteiger partial charge in [-0.3, -0.25) is 4.79 Å². The first-order valence-corrected chi connectivity index (χ1v) is 4.75. The number of carbonyl (C=O) groups excluding carboxylic acids is 2. The number of hydrogen-bond donors (Lipinski definition) is 0. The first-order valence-electron chi connectivity index (χ1n) is 4.75. The Hall–Kier alpha value is -1.19. The Kier molecular flexibility index (Phi) is 3.80. The smallest absolute Gasteiger partial charge is 0.367 e. The molecule has 0 heterocycles. The lowest BCUT2D eigenvalue weighted by Crippen LogP contribution is -2.15. The van der Waals surface area contributed by atoms with E-state index in [2.05, 4.69) is 4.74 Å². The van der Waals surface area contributed by atoms with Gasteiger partial charge < -0.3 is 4.74 Å². The summed E-state index contributed by atoms with van der Waals surface area (Å²) in [5, 5.41) is 0. The molecule has 0 spiro atoms. The van der Waals surface area contributed by atoms with Crippen molar-refractivity contribution in [1.82, 2.24) is 0 Å². The minimum atomic E-state index is -1.02. The molecule has 1 fully saturated rings. The molecule has 0 aromatic carbocycles.